The molecule has 0 aliphatic heterocycles. The van der Waals surface area contributed by atoms with Crippen LogP contribution in [0, 0.1) is 6.92 Å². The van der Waals surface area contributed by atoms with E-state index in [0.717, 1.165) is 11.1 Å². The number of aryl methyl sites for hydroxylation is 1. The topological polar surface area (TPSA) is 55.4 Å². The first-order valence-corrected chi connectivity index (χ1v) is 8.11. The second-order valence-corrected chi connectivity index (χ2v) is 6.19. The van der Waals surface area contributed by atoms with Crippen LogP contribution in [0.25, 0.3) is 0 Å². The van der Waals surface area contributed by atoms with E-state index in [9.17, 15) is 9.59 Å². The Morgan fingerprint density at radius 3 is 2.38 bits per heavy atom. The normalized spacial score (nSPS) is 11.7. The fraction of sp³-hybridized carbons (Fsp3) is 0.222. The van der Waals surface area contributed by atoms with Crippen molar-refractivity contribution in [2.24, 2.45) is 0 Å². The highest BCUT2D eigenvalue weighted by molar-refractivity contribution is 6.42. The zero-order chi connectivity index (χ0) is 17.7. The molecule has 0 saturated carbocycles. The summed E-state index contributed by atoms with van der Waals surface area (Å²) < 4.78 is 5.15. The van der Waals surface area contributed by atoms with Crippen molar-refractivity contribution < 1.29 is 14.3 Å². The molecule has 1 amide bonds. The monoisotopic (exact) mass is 365 g/mol. The summed E-state index contributed by atoms with van der Waals surface area (Å²) in [6.45, 7) is 3.88. The van der Waals surface area contributed by atoms with Gasteiger partial charge in [-0.05, 0) is 37.6 Å². The second-order valence-electron chi connectivity index (χ2n) is 5.38. The van der Waals surface area contributed by atoms with Crippen LogP contribution >= 0.6 is 23.2 Å². The van der Waals surface area contributed by atoms with Crippen molar-refractivity contribution in [1.29, 1.82) is 0 Å². The zero-order valence-electron chi connectivity index (χ0n) is 13.3. The molecule has 126 valence electrons. The lowest BCUT2D eigenvalue weighted by Crippen LogP contribution is -2.35. The van der Waals surface area contributed by atoms with Gasteiger partial charge in [0.1, 0.15) is 0 Å². The average Bonchev–Trinajstić information content (AvgIpc) is 2.56. The smallest absolute Gasteiger partial charge is 0.338 e. The molecule has 6 heteroatoms. The quantitative estimate of drug-likeness (QED) is 0.809. The molecule has 0 heterocycles. The fourth-order valence-electron chi connectivity index (χ4n) is 1.94. The van der Waals surface area contributed by atoms with Gasteiger partial charge in [-0.25, -0.2) is 4.79 Å². The molecular weight excluding hydrogens is 349 g/mol. The van der Waals surface area contributed by atoms with E-state index in [1.54, 1.807) is 0 Å². The minimum Gasteiger partial charge on any atom is -0.449 e. The lowest BCUT2D eigenvalue weighted by Gasteiger charge is -2.14. The summed E-state index contributed by atoms with van der Waals surface area (Å²) in [4.78, 5) is 24.1. The molecule has 2 rings (SSSR count). The second kappa shape index (κ2) is 8.18. The minimum atomic E-state index is -0.919. The van der Waals surface area contributed by atoms with E-state index in [-0.39, 0.29) is 16.5 Å². The maximum absolute atomic E-state index is 12.0. The number of amides is 1. The summed E-state index contributed by atoms with van der Waals surface area (Å²) in [6.07, 6.45) is -0.919. The summed E-state index contributed by atoms with van der Waals surface area (Å²) in [5.74, 6) is -1.00. The molecule has 0 aliphatic rings. The minimum absolute atomic E-state index is 0.239. The molecule has 0 radical (unpaired) electrons. The molecule has 0 spiro atoms. The molecule has 0 fully saturated rings. The van der Waals surface area contributed by atoms with Gasteiger partial charge in [0.25, 0.3) is 5.91 Å². The SMILES string of the molecule is Cc1ccc(CNC(=O)[C@@H](C)OC(=O)c2ccc(Cl)c(Cl)c2)cc1. The van der Waals surface area contributed by atoms with E-state index in [2.05, 4.69) is 5.32 Å². The lowest BCUT2D eigenvalue weighted by atomic mass is 10.1. The van der Waals surface area contributed by atoms with Gasteiger partial charge < -0.3 is 10.1 Å². The van der Waals surface area contributed by atoms with Crippen molar-refractivity contribution >= 4 is 35.1 Å². The maximum Gasteiger partial charge on any atom is 0.338 e. The molecule has 0 saturated heterocycles. The number of halogens is 2. The van der Waals surface area contributed by atoms with Crippen molar-refractivity contribution in [2.45, 2.75) is 26.5 Å². The summed E-state index contributed by atoms with van der Waals surface area (Å²) in [5, 5.41) is 3.33. The molecule has 0 unspecified atom stereocenters. The van der Waals surface area contributed by atoms with Gasteiger partial charge in [0.15, 0.2) is 6.10 Å². The van der Waals surface area contributed by atoms with E-state index in [1.807, 2.05) is 31.2 Å². The molecule has 1 atom stereocenters. The molecule has 2 aromatic carbocycles. The Bertz CT molecular complexity index is 744. The number of benzene rings is 2. The highest BCUT2D eigenvalue weighted by Crippen LogP contribution is 2.23. The van der Waals surface area contributed by atoms with Gasteiger partial charge >= 0.3 is 5.97 Å². The molecule has 4 nitrogen and oxygen atoms in total. The highest BCUT2D eigenvalue weighted by Gasteiger charge is 2.19. The third-order valence-corrected chi connectivity index (χ3v) is 4.13. The number of nitrogens with one attached hydrogen (secondary N) is 1. The summed E-state index contributed by atoms with van der Waals surface area (Å²) >= 11 is 11.7. The Balaban J connectivity index is 1.89. The third kappa shape index (κ3) is 4.98. The summed E-state index contributed by atoms with van der Waals surface area (Å²) in [5.41, 5.74) is 2.36. The van der Waals surface area contributed by atoms with Gasteiger partial charge in [0, 0.05) is 6.54 Å². The molecule has 2 aromatic rings. The van der Waals surface area contributed by atoms with Crippen LogP contribution in [0.4, 0.5) is 0 Å². The van der Waals surface area contributed by atoms with Crippen LogP contribution in [0.1, 0.15) is 28.4 Å². The van der Waals surface area contributed by atoms with Crippen LogP contribution in [-0.4, -0.2) is 18.0 Å². The Hall–Kier alpha value is -2.04. The van der Waals surface area contributed by atoms with Gasteiger partial charge in [-0.3, -0.25) is 4.79 Å². The van der Waals surface area contributed by atoms with E-state index >= 15 is 0 Å². The number of esters is 1. The van der Waals surface area contributed by atoms with Crippen molar-refractivity contribution in [3.05, 3.63) is 69.2 Å². The molecular formula is C18H17Cl2NO3. The summed E-state index contributed by atoms with van der Waals surface area (Å²) in [7, 11) is 0. The standard InChI is InChI=1S/C18H17Cl2NO3/c1-11-3-5-13(6-4-11)10-21-17(22)12(2)24-18(23)14-7-8-15(19)16(20)9-14/h3-9,12H,10H2,1-2H3,(H,21,22)/t12-/m1/s1. The predicted molar refractivity (Wildman–Crippen MR) is 94.4 cm³/mol. The van der Waals surface area contributed by atoms with Gasteiger partial charge in [-0.15, -0.1) is 0 Å². The first kappa shape index (κ1) is 18.3. The number of carbonyl (C=O) groups excluding carboxylic acids is 2. The Morgan fingerprint density at radius 1 is 1.08 bits per heavy atom. The number of hydrogen-bond acceptors (Lipinski definition) is 3. The Morgan fingerprint density at radius 2 is 1.75 bits per heavy atom. The molecule has 0 aromatic heterocycles. The van der Waals surface area contributed by atoms with Gasteiger partial charge in [-0.1, -0.05) is 53.0 Å². The van der Waals surface area contributed by atoms with Gasteiger partial charge in [-0.2, -0.15) is 0 Å². The van der Waals surface area contributed by atoms with Crippen LogP contribution in [0.15, 0.2) is 42.5 Å². The number of hydrogen-bond donors (Lipinski definition) is 1. The highest BCUT2D eigenvalue weighted by atomic mass is 35.5. The Kier molecular flexibility index (Phi) is 6.23. The number of rotatable bonds is 5. The lowest BCUT2D eigenvalue weighted by molar-refractivity contribution is -0.129. The number of carbonyl (C=O) groups is 2. The fourth-order valence-corrected chi connectivity index (χ4v) is 2.24. The van der Waals surface area contributed by atoms with E-state index < -0.39 is 12.1 Å². The van der Waals surface area contributed by atoms with Gasteiger partial charge in [0.2, 0.25) is 0 Å². The van der Waals surface area contributed by atoms with Crippen molar-refractivity contribution in [1.82, 2.24) is 5.32 Å². The van der Waals surface area contributed by atoms with E-state index in [4.69, 9.17) is 27.9 Å². The average molecular weight is 366 g/mol. The van der Waals surface area contributed by atoms with Crippen LogP contribution in [0.5, 0.6) is 0 Å². The van der Waals surface area contributed by atoms with Crippen molar-refractivity contribution in [3.8, 4) is 0 Å². The largest absolute Gasteiger partial charge is 0.449 e. The zero-order valence-corrected chi connectivity index (χ0v) is 14.8. The van der Waals surface area contributed by atoms with Gasteiger partial charge in [0.05, 0.1) is 15.6 Å². The predicted octanol–water partition coefficient (Wildman–Crippen LogP) is 4.16. The molecule has 1 N–H and O–H groups in total. The molecule has 24 heavy (non-hydrogen) atoms. The first-order valence-electron chi connectivity index (χ1n) is 7.36. The van der Waals surface area contributed by atoms with Crippen LogP contribution < -0.4 is 5.32 Å². The third-order valence-electron chi connectivity index (χ3n) is 3.40. The van der Waals surface area contributed by atoms with E-state index in [0.29, 0.717) is 11.6 Å². The van der Waals surface area contributed by atoms with E-state index in [1.165, 1.54) is 25.1 Å². The van der Waals surface area contributed by atoms with Crippen molar-refractivity contribution in [2.75, 3.05) is 0 Å². The maximum atomic E-state index is 12.0. The van der Waals surface area contributed by atoms with Crippen LogP contribution in [0.2, 0.25) is 10.0 Å². The van der Waals surface area contributed by atoms with Crippen molar-refractivity contribution in [3.63, 3.8) is 0 Å². The van der Waals surface area contributed by atoms with Crippen LogP contribution in [0.3, 0.4) is 0 Å². The first-order chi connectivity index (χ1) is 11.4. The number of ether oxygens (including phenoxy) is 1. The van der Waals surface area contributed by atoms with Crippen LogP contribution in [-0.2, 0) is 16.1 Å². The molecule has 0 aliphatic carbocycles. The Labute approximate surface area is 150 Å². The summed E-state index contributed by atoms with van der Waals surface area (Å²) in [6, 6.07) is 12.2. The molecule has 0 bridgehead atoms.